The Balaban J connectivity index is 3.06. The number of ether oxygens (including phenoxy) is 1. The molecule has 0 fully saturated rings. The van der Waals surface area contributed by atoms with E-state index in [1.807, 2.05) is 0 Å². The zero-order valence-corrected chi connectivity index (χ0v) is 12.5. The fraction of sp³-hybridized carbons (Fsp3) is 0.417. The summed E-state index contributed by atoms with van der Waals surface area (Å²) in [5.74, 6) is -1.33. The van der Waals surface area contributed by atoms with Gasteiger partial charge in [-0.25, -0.2) is 17.9 Å². The van der Waals surface area contributed by atoms with Gasteiger partial charge >= 0.3 is 12.1 Å². The average molecular weight is 341 g/mol. The number of carbonyl (C=O) groups is 1. The Morgan fingerprint density at radius 3 is 2.45 bits per heavy atom. The molecule has 0 heterocycles. The minimum Gasteiger partial charge on any atom is -0.478 e. The van der Waals surface area contributed by atoms with Crippen molar-refractivity contribution in [2.45, 2.75) is 24.1 Å². The normalized spacial score (nSPS) is 13.9. The van der Waals surface area contributed by atoms with Crippen LogP contribution >= 0.6 is 0 Å². The van der Waals surface area contributed by atoms with Crippen LogP contribution in [0.3, 0.4) is 0 Å². The maximum Gasteiger partial charge on any atom is 0.415 e. The van der Waals surface area contributed by atoms with Crippen molar-refractivity contribution in [2.75, 3.05) is 13.7 Å². The molecule has 0 saturated carbocycles. The first kappa shape index (κ1) is 18.4. The number of carboxylic acid groups (broad SMARTS) is 1. The summed E-state index contributed by atoms with van der Waals surface area (Å²) in [5, 5.41) is 8.93. The molecular formula is C12H14F3NO5S. The van der Waals surface area contributed by atoms with Gasteiger partial charge in [-0.05, 0) is 24.6 Å². The maximum absolute atomic E-state index is 12.5. The first-order chi connectivity index (χ1) is 10.0. The Morgan fingerprint density at radius 2 is 2.00 bits per heavy atom. The second-order valence-electron chi connectivity index (χ2n) is 4.35. The third-order valence-corrected chi connectivity index (χ3v) is 4.48. The Kier molecular flexibility index (Phi) is 5.54. The SMILES string of the molecule is COC(CNS(=O)(=O)c1cccc(C(=O)O)c1C)C(F)(F)F. The average Bonchev–Trinajstić information content (AvgIpc) is 2.37. The van der Waals surface area contributed by atoms with Crippen molar-refractivity contribution in [3.05, 3.63) is 29.3 Å². The molecule has 0 aromatic heterocycles. The van der Waals surface area contributed by atoms with Crippen molar-refractivity contribution in [1.29, 1.82) is 0 Å². The van der Waals surface area contributed by atoms with E-state index >= 15 is 0 Å². The van der Waals surface area contributed by atoms with Crippen LogP contribution in [-0.2, 0) is 14.8 Å². The van der Waals surface area contributed by atoms with E-state index in [1.165, 1.54) is 19.1 Å². The largest absolute Gasteiger partial charge is 0.478 e. The number of hydrogen-bond acceptors (Lipinski definition) is 4. The van der Waals surface area contributed by atoms with E-state index < -0.39 is 39.7 Å². The fourth-order valence-electron chi connectivity index (χ4n) is 1.73. The van der Waals surface area contributed by atoms with Crippen molar-refractivity contribution >= 4 is 16.0 Å². The van der Waals surface area contributed by atoms with Gasteiger partial charge in [0.05, 0.1) is 10.5 Å². The Labute approximate surface area is 124 Å². The van der Waals surface area contributed by atoms with Gasteiger partial charge in [0, 0.05) is 13.7 Å². The lowest BCUT2D eigenvalue weighted by molar-refractivity contribution is -0.209. The molecule has 22 heavy (non-hydrogen) atoms. The monoisotopic (exact) mass is 341 g/mol. The van der Waals surface area contributed by atoms with Crippen LogP contribution in [0.1, 0.15) is 15.9 Å². The number of halogens is 3. The summed E-state index contributed by atoms with van der Waals surface area (Å²) in [5.41, 5.74) is -0.314. The van der Waals surface area contributed by atoms with Crippen molar-refractivity contribution in [3.8, 4) is 0 Å². The molecule has 0 amide bonds. The predicted molar refractivity (Wildman–Crippen MR) is 70.2 cm³/mol. The van der Waals surface area contributed by atoms with Crippen LogP contribution < -0.4 is 4.72 Å². The van der Waals surface area contributed by atoms with E-state index in [1.54, 1.807) is 4.72 Å². The molecule has 1 aromatic rings. The smallest absolute Gasteiger partial charge is 0.415 e. The van der Waals surface area contributed by atoms with Crippen LogP contribution in [0.25, 0.3) is 0 Å². The van der Waals surface area contributed by atoms with Gasteiger partial charge in [0.1, 0.15) is 0 Å². The van der Waals surface area contributed by atoms with Crippen LogP contribution in [0.2, 0.25) is 0 Å². The number of methoxy groups -OCH3 is 1. The minimum absolute atomic E-state index is 0.0662. The third kappa shape index (κ3) is 4.18. The number of rotatable bonds is 6. The molecule has 6 nitrogen and oxygen atoms in total. The number of carboxylic acids is 1. The molecule has 1 unspecified atom stereocenters. The van der Waals surface area contributed by atoms with Crippen LogP contribution in [0.4, 0.5) is 13.2 Å². The first-order valence-electron chi connectivity index (χ1n) is 5.92. The lowest BCUT2D eigenvalue weighted by Crippen LogP contribution is -2.42. The van der Waals surface area contributed by atoms with Crippen LogP contribution in [0, 0.1) is 6.92 Å². The third-order valence-electron chi connectivity index (χ3n) is 2.91. The van der Waals surface area contributed by atoms with Crippen molar-refractivity contribution < 1.29 is 36.2 Å². The van der Waals surface area contributed by atoms with Gasteiger partial charge < -0.3 is 9.84 Å². The second-order valence-corrected chi connectivity index (χ2v) is 6.09. The molecule has 0 aliphatic carbocycles. The van der Waals surface area contributed by atoms with Gasteiger partial charge in [0.25, 0.3) is 0 Å². The molecule has 0 aliphatic rings. The van der Waals surface area contributed by atoms with Crippen molar-refractivity contribution in [3.63, 3.8) is 0 Å². The highest BCUT2D eigenvalue weighted by molar-refractivity contribution is 7.89. The van der Waals surface area contributed by atoms with Gasteiger partial charge in [-0.3, -0.25) is 0 Å². The molecule has 10 heteroatoms. The van der Waals surface area contributed by atoms with E-state index in [0.29, 0.717) is 0 Å². The number of alkyl halides is 3. The Hall–Kier alpha value is -1.65. The van der Waals surface area contributed by atoms with Crippen LogP contribution in [0.5, 0.6) is 0 Å². The van der Waals surface area contributed by atoms with E-state index in [2.05, 4.69) is 4.74 Å². The highest BCUT2D eigenvalue weighted by Crippen LogP contribution is 2.23. The number of benzene rings is 1. The number of sulfonamides is 1. The molecule has 0 radical (unpaired) electrons. The van der Waals surface area contributed by atoms with Crippen LogP contribution in [-0.4, -0.2) is 45.4 Å². The molecular weight excluding hydrogens is 327 g/mol. The van der Waals surface area contributed by atoms with E-state index in [4.69, 9.17) is 5.11 Å². The standard InChI is InChI=1S/C12H14F3NO5S/c1-7-8(11(17)18)4-3-5-9(7)22(19,20)16-6-10(21-2)12(13,14)15/h3-5,10,16H,6H2,1-2H3,(H,17,18). The maximum atomic E-state index is 12.5. The summed E-state index contributed by atoms with van der Waals surface area (Å²) in [7, 11) is -3.50. The summed E-state index contributed by atoms with van der Waals surface area (Å²) in [6, 6.07) is 3.51. The lowest BCUT2D eigenvalue weighted by Gasteiger charge is -2.19. The highest BCUT2D eigenvalue weighted by Gasteiger charge is 2.40. The topological polar surface area (TPSA) is 92.7 Å². The molecule has 0 aliphatic heterocycles. The van der Waals surface area contributed by atoms with Gasteiger partial charge in [-0.15, -0.1) is 0 Å². The van der Waals surface area contributed by atoms with E-state index in [9.17, 15) is 26.4 Å². The van der Waals surface area contributed by atoms with Gasteiger partial charge in [-0.2, -0.15) is 13.2 Å². The fourth-order valence-corrected chi connectivity index (χ4v) is 3.03. The van der Waals surface area contributed by atoms with Crippen LogP contribution in [0.15, 0.2) is 23.1 Å². The summed E-state index contributed by atoms with van der Waals surface area (Å²) >= 11 is 0. The lowest BCUT2D eigenvalue weighted by atomic mass is 10.1. The van der Waals surface area contributed by atoms with Crippen molar-refractivity contribution in [1.82, 2.24) is 4.72 Å². The number of nitrogens with one attached hydrogen (secondary N) is 1. The van der Waals surface area contributed by atoms with E-state index in [0.717, 1.165) is 13.2 Å². The Morgan fingerprint density at radius 1 is 1.41 bits per heavy atom. The molecule has 1 atom stereocenters. The van der Waals surface area contributed by atoms with Gasteiger partial charge in [0.2, 0.25) is 10.0 Å². The minimum atomic E-state index is -4.73. The number of aromatic carboxylic acids is 1. The van der Waals surface area contributed by atoms with E-state index in [-0.39, 0.29) is 11.1 Å². The highest BCUT2D eigenvalue weighted by atomic mass is 32.2. The molecule has 0 spiro atoms. The first-order valence-corrected chi connectivity index (χ1v) is 7.41. The quantitative estimate of drug-likeness (QED) is 0.819. The molecule has 0 bridgehead atoms. The molecule has 0 saturated heterocycles. The zero-order valence-electron chi connectivity index (χ0n) is 11.6. The molecule has 1 aromatic carbocycles. The van der Waals surface area contributed by atoms with Gasteiger partial charge in [-0.1, -0.05) is 6.07 Å². The summed E-state index contributed by atoms with van der Waals surface area (Å²) in [4.78, 5) is 10.6. The predicted octanol–water partition coefficient (Wildman–Crippen LogP) is 1.55. The molecule has 1 rings (SSSR count). The summed E-state index contributed by atoms with van der Waals surface area (Å²) in [6.07, 6.45) is -7.03. The van der Waals surface area contributed by atoms with Crippen molar-refractivity contribution in [2.24, 2.45) is 0 Å². The Bertz CT molecular complexity index is 657. The zero-order chi connectivity index (χ0) is 17.1. The summed E-state index contributed by atoms with van der Waals surface area (Å²) < 4.78 is 67.6. The number of hydrogen-bond donors (Lipinski definition) is 2. The van der Waals surface area contributed by atoms with Gasteiger partial charge in [0.15, 0.2) is 6.10 Å². The second kappa shape index (κ2) is 6.63. The molecule has 2 N–H and O–H groups in total. The summed E-state index contributed by atoms with van der Waals surface area (Å²) in [6.45, 7) is 0.245. The molecule has 124 valence electrons.